The molecular weight excluding hydrogens is 390 g/mol. The number of hydrogen-bond acceptors (Lipinski definition) is 1. The molecule has 0 aromatic heterocycles. The molecule has 1 nitrogen and oxygen atoms in total. The maximum absolute atomic E-state index is 14.1. The van der Waals surface area contributed by atoms with Gasteiger partial charge in [0.25, 0.3) is 0 Å². The van der Waals surface area contributed by atoms with Gasteiger partial charge in [0.1, 0.15) is 5.82 Å². The lowest BCUT2D eigenvalue weighted by Gasteiger charge is -2.37. The Bertz CT molecular complexity index is 698. The van der Waals surface area contributed by atoms with Gasteiger partial charge >= 0.3 is 12.1 Å². The van der Waals surface area contributed by atoms with E-state index >= 15 is 0 Å². The van der Waals surface area contributed by atoms with Gasteiger partial charge in [0.2, 0.25) is 0 Å². The Morgan fingerprint density at radius 3 is 1.87 bits per heavy atom. The Kier molecular flexibility index (Phi) is 4.51. The molecule has 1 N–H and O–H groups in total. The lowest BCUT2D eigenvalue weighted by Crippen LogP contribution is -2.55. The van der Waals surface area contributed by atoms with Gasteiger partial charge in [0.05, 0.1) is 0 Å². The van der Waals surface area contributed by atoms with Crippen LogP contribution in [0.1, 0.15) is 11.1 Å². The summed E-state index contributed by atoms with van der Waals surface area (Å²) < 4.78 is 80.5. The predicted molar refractivity (Wildman–Crippen MR) is 74.5 cm³/mol. The predicted octanol–water partition coefficient (Wildman–Crippen LogP) is 5.02. The topological polar surface area (TPSA) is 20.2 Å². The van der Waals surface area contributed by atoms with Crippen LogP contribution in [0, 0.1) is 5.82 Å². The smallest absolute Gasteiger partial charge is 0.374 e. The summed E-state index contributed by atoms with van der Waals surface area (Å²) in [5.74, 6) is -6.59. The third-order valence-electron chi connectivity index (χ3n) is 3.31. The second kappa shape index (κ2) is 5.83. The minimum atomic E-state index is -6.04. The quantitative estimate of drug-likeness (QED) is 0.719. The van der Waals surface area contributed by atoms with Crippen molar-refractivity contribution in [3.05, 3.63) is 69.9 Å². The van der Waals surface area contributed by atoms with E-state index < -0.39 is 34.6 Å². The van der Waals surface area contributed by atoms with Crippen molar-refractivity contribution in [3.8, 4) is 0 Å². The number of hydrogen-bond donors (Lipinski definition) is 1. The van der Waals surface area contributed by atoms with E-state index in [4.69, 9.17) is 0 Å². The minimum Gasteiger partial charge on any atom is -0.374 e. The molecule has 0 amide bonds. The molecule has 0 heterocycles. The first kappa shape index (κ1) is 17.8. The Morgan fingerprint density at radius 2 is 1.39 bits per heavy atom. The monoisotopic (exact) mass is 398 g/mol. The molecule has 124 valence electrons. The summed E-state index contributed by atoms with van der Waals surface area (Å²) in [6.45, 7) is 0. The van der Waals surface area contributed by atoms with Crippen LogP contribution in [0.2, 0.25) is 0 Å². The van der Waals surface area contributed by atoms with E-state index in [1.807, 2.05) is 0 Å². The second-order valence-electron chi connectivity index (χ2n) is 4.80. The molecule has 2 rings (SSSR count). The van der Waals surface area contributed by atoms with Crippen LogP contribution in [0.25, 0.3) is 0 Å². The van der Waals surface area contributed by atoms with E-state index in [9.17, 15) is 31.4 Å². The maximum atomic E-state index is 14.1. The highest BCUT2D eigenvalue weighted by atomic mass is 79.9. The maximum Gasteiger partial charge on any atom is 0.457 e. The first-order chi connectivity index (χ1) is 10.5. The van der Waals surface area contributed by atoms with Gasteiger partial charge < -0.3 is 5.11 Å². The Balaban J connectivity index is 2.77. The SMILES string of the molecule is OC(c1ccc(Br)cc1)(c1cccc(F)c1)C(F)(F)C(F)(F)F. The highest BCUT2D eigenvalue weighted by molar-refractivity contribution is 9.10. The Morgan fingerprint density at radius 1 is 0.826 bits per heavy atom. The standard InChI is InChI=1S/C15H9BrF6O/c16-11-6-4-9(5-7-11)13(23,14(18,19)15(20,21)22)10-2-1-3-12(17)8-10/h1-8,23H. The molecule has 0 fully saturated rings. The summed E-state index contributed by atoms with van der Waals surface area (Å²) in [7, 11) is 0. The zero-order chi connectivity index (χ0) is 17.5. The second-order valence-corrected chi connectivity index (χ2v) is 5.72. The van der Waals surface area contributed by atoms with E-state index in [2.05, 4.69) is 15.9 Å². The van der Waals surface area contributed by atoms with E-state index in [1.165, 1.54) is 12.1 Å². The molecule has 23 heavy (non-hydrogen) atoms. The van der Waals surface area contributed by atoms with Crippen LogP contribution < -0.4 is 0 Å². The molecule has 0 aliphatic rings. The van der Waals surface area contributed by atoms with Crippen LogP contribution in [0.3, 0.4) is 0 Å². The van der Waals surface area contributed by atoms with Crippen LogP contribution in [0.5, 0.6) is 0 Å². The van der Waals surface area contributed by atoms with Gasteiger partial charge in [-0.3, -0.25) is 0 Å². The zero-order valence-corrected chi connectivity index (χ0v) is 12.8. The zero-order valence-electron chi connectivity index (χ0n) is 11.2. The molecule has 0 saturated carbocycles. The van der Waals surface area contributed by atoms with Crippen LogP contribution >= 0.6 is 15.9 Å². The fourth-order valence-corrected chi connectivity index (χ4v) is 2.40. The highest BCUT2D eigenvalue weighted by Gasteiger charge is 2.71. The fourth-order valence-electron chi connectivity index (χ4n) is 2.14. The summed E-state index contributed by atoms with van der Waals surface area (Å²) in [5, 5.41) is 10.4. The van der Waals surface area contributed by atoms with Crippen molar-refractivity contribution in [3.63, 3.8) is 0 Å². The van der Waals surface area contributed by atoms with Crippen LogP contribution in [-0.2, 0) is 5.60 Å². The number of benzene rings is 2. The summed E-state index contributed by atoms with van der Waals surface area (Å²) >= 11 is 3.02. The van der Waals surface area contributed by atoms with Crippen molar-refractivity contribution in [2.75, 3.05) is 0 Å². The molecule has 8 heteroatoms. The molecule has 0 bridgehead atoms. The van der Waals surface area contributed by atoms with E-state index in [0.29, 0.717) is 10.5 Å². The summed E-state index contributed by atoms with van der Waals surface area (Å²) in [6, 6.07) is 7.30. The van der Waals surface area contributed by atoms with Gasteiger partial charge in [-0.15, -0.1) is 0 Å². The van der Waals surface area contributed by atoms with Crippen LogP contribution in [-0.4, -0.2) is 17.2 Å². The van der Waals surface area contributed by atoms with Crippen molar-refractivity contribution in [2.45, 2.75) is 17.7 Å². The van der Waals surface area contributed by atoms with Crippen LogP contribution in [0.15, 0.2) is 53.0 Å². The number of halogens is 7. The first-order valence-electron chi connectivity index (χ1n) is 6.19. The average Bonchev–Trinajstić information content (AvgIpc) is 2.45. The molecule has 0 saturated heterocycles. The molecule has 2 aromatic rings. The van der Waals surface area contributed by atoms with Gasteiger partial charge in [-0.1, -0.05) is 40.2 Å². The lowest BCUT2D eigenvalue weighted by atomic mass is 9.80. The summed E-state index contributed by atoms with van der Waals surface area (Å²) in [6.07, 6.45) is -6.04. The number of rotatable bonds is 3. The fraction of sp³-hybridized carbons (Fsp3) is 0.200. The minimum absolute atomic E-state index is 0.415. The molecule has 0 spiro atoms. The van der Waals surface area contributed by atoms with Crippen LogP contribution in [0.4, 0.5) is 26.3 Å². The van der Waals surface area contributed by atoms with Crippen molar-refractivity contribution in [2.24, 2.45) is 0 Å². The average molecular weight is 399 g/mol. The van der Waals surface area contributed by atoms with E-state index in [-0.39, 0.29) is 0 Å². The molecule has 0 radical (unpaired) electrons. The van der Waals surface area contributed by atoms with E-state index in [1.54, 1.807) is 0 Å². The van der Waals surface area contributed by atoms with Gasteiger partial charge in [0, 0.05) is 4.47 Å². The lowest BCUT2D eigenvalue weighted by molar-refractivity contribution is -0.336. The summed E-state index contributed by atoms with van der Waals surface area (Å²) in [4.78, 5) is 0. The largest absolute Gasteiger partial charge is 0.457 e. The highest BCUT2D eigenvalue weighted by Crippen LogP contribution is 2.51. The third-order valence-corrected chi connectivity index (χ3v) is 3.84. The Labute approximate surface area is 135 Å². The van der Waals surface area contributed by atoms with Crippen molar-refractivity contribution < 1.29 is 31.4 Å². The van der Waals surface area contributed by atoms with Crippen molar-refractivity contribution >= 4 is 15.9 Å². The third kappa shape index (κ3) is 2.97. The summed E-state index contributed by atoms with van der Waals surface area (Å²) in [5.41, 5.74) is -5.38. The van der Waals surface area contributed by atoms with Crippen molar-refractivity contribution in [1.29, 1.82) is 0 Å². The van der Waals surface area contributed by atoms with Crippen molar-refractivity contribution in [1.82, 2.24) is 0 Å². The number of aliphatic hydroxyl groups is 1. The normalized spacial score (nSPS) is 15.3. The molecule has 1 unspecified atom stereocenters. The van der Waals surface area contributed by atoms with E-state index in [0.717, 1.165) is 30.3 Å². The molecule has 1 atom stereocenters. The molecular formula is C15H9BrF6O. The van der Waals surface area contributed by atoms with Gasteiger partial charge in [0.15, 0.2) is 5.60 Å². The first-order valence-corrected chi connectivity index (χ1v) is 6.98. The number of alkyl halides is 5. The van der Waals surface area contributed by atoms with Gasteiger partial charge in [-0.05, 0) is 35.4 Å². The molecule has 2 aromatic carbocycles. The molecule has 0 aliphatic heterocycles. The van der Waals surface area contributed by atoms with Gasteiger partial charge in [-0.2, -0.15) is 22.0 Å². The Hall–Kier alpha value is -1.54. The molecule has 0 aliphatic carbocycles. The van der Waals surface area contributed by atoms with Gasteiger partial charge in [-0.25, -0.2) is 4.39 Å².